The number of pyridine rings is 1. The summed E-state index contributed by atoms with van der Waals surface area (Å²) < 4.78 is 4.78. The molecule has 10 rings (SSSR count). The van der Waals surface area contributed by atoms with Crippen LogP contribution in [0.25, 0.3) is 88.4 Å². The topological polar surface area (TPSA) is 22.8 Å². The van der Waals surface area contributed by atoms with Gasteiger partial charge in [0.15, 0.2) is 0 Å². The maximum Gasteiger partial charge on any atom is 0.0541 e. The smallest absolute Gasteiger partial charge is 0.0541 e. The van der Waals surface area contributed by atoms with Gasteiger partial charge in [0.1, 0.15) is 0 Å². The molecule has 0 saturated carbocycles. The summed E-state index contributed by atoms with van der Waals surface area (Å²) in [6, 6.07) is 63.6. The van der Waals surface area contributed by atoms with Crippen LogP contribution in [0, 0.1) is 0 Å². The normalized spacial score (nSPS) is 11.6. The van der Waals surface area contributed by atoms with Gasteiger partial charge in [0, 0.05) is 50.9 Å². The first-order chi connectivity index (χ1) is 24.8. The molecule has 7 aromatic carbocycles. The third-order valence-corrected chi connectivity index (χ3v) is 9.97. The fraction of sp³-hybridized carbons (Fsp3) is 0. The molecule has 10 aromatic rings. The lowest BCUT2D eigenvalue weighted by atomic mass is 9.98. The first-order valence-corrected chi connectivity index (χ1v) is 17.0. The highest BCUT2D eigenvalue weighted by molar-refractivity contribution is 6.12. The van der Waals surface area contributed by atoms with Crippen LogP contribution in [-0.4, -0.2) is 14.1 Å². The minimum atomic E-state index is 1.10. The van der Waals surface area contributed by atoms with Gasteiger partial charge in [-0.15, -0.1) is 0 Å². The molecule has 0 N–H and O–H groups in total. The Labute approximate surface area is 290 Å². The minimum absolute atomic E-state index is 1.10. The summed E-state index contributed by atoms with van der Waals surface area (Å²) in [6.45, 7) is 0. The van der Waals surface area contributed by atoms with Crippen molar-refractivity contribution < 1.29 is 0 Å². The molecule has 3 heterocycles. The first-order valence-electron chi connectivity index (χ1n) is 17.0. The van der Waals surface area contributed by atoms with Crippen LogP contribution in [0.5, 0.6) is 0 Å². The Morgan fingerprint density at radius 3 is 1.40 bits per heavy atom. The number of nitrogens with zero attached hydrogens (tertiary/aromatic N) is 3. The molecule has 0 bridgehead atoms. The Balaban J connectivity index is 1.17. The molecule has 0 aliphatic carbocycles. The van der Waals surface area contributed by atoms with E-state index < -0.39 is 0 Å². The van der Waals surface area contributed by atoms with Crippen LogP contribution in [0.4, 0.5) is 0 Å². The van der Waals surface area contributed by atoms with Crippen molar-refractivity contribution >= 4 is 43.6 Å². The Kier molecular flexibility index (Phi) is 6.49. The lowest BCUT2D eigenvalue weighted by Crippen LogP contribution is -1.96. The molecule has 50 heavy (non-hydrogen) atoms. The number of hydrogen-bond acceptors (Lipinski definition) is 1. The SMILES string of the molecule is c1ccc(-c2cc(-c3cccnc3)cc(-n3c4ccccc4c4cc(-c5ccc6c(c5)c5ccccc5n6-c5ccccc5)ccc43)c2)cc1. The van der Waals surface area contributed by atoms with Gasteiger partial charge in [-0.3, -0.25) is 4.98 Å². The summed E-state index contributed by atoms with van der Waals surface area (Å²) in [4.78, 5) is 4.44. The van der Waals surface area contributed by atoms with Gasteiger partial charge in [0.2, 0.25) is 0 Å². The van der Waals surface area contributed by atoms with E-state index in [1.165, 1.54) is 71.6 Å². The molecule has 0 aliphatic heterocycles. The highest BCUT2D eigenvalue weighted by Crippen LogP contribution is 2.39. The fourth-order valence-electron chi connectivity index (χ4n) is 7.68. The molecule has 0 radical (unpaired) electrons. The number of aromatic nitrogens is 3. The Morgan fingerprint density at radius 2 is 0.800 bits per heavy atom. The molecule has 0 aliphatic rings. The second kappa shape index (κ2) is 11.5. The molecule has 3 nitrogen and oxygen atoms in total. The summed E-state index contributed by atoms with van der Waals surface area (Å²) in [5.74, 6) is 0. The van der Waals surface area contributed by atoms with Crippen LogP contribution < -0.4 is 0 Å². The van der Waals surface area contributed by atoms with Crippen molar-refractivity contribution in [1.82, 2.24) is 14.1 Å². The number of rotatable bonds is 5. The van der Waals surface area contributed by atoms with Crippen LogP contribution in [-0.2, 0) is 0 Å². The minimum Gasteiger partial charge on any atom is -0.309 e. The predicted molar refractivity (Wildman–Crippen MR) is 209 cm³/mol. The molecule has 234 valence electrons. The summed E-state index contributed by atoms with van der Waals surface area (Å²) in [6.07, 6.45) is 3.77. The zero-order chi connectivity index (χ0) is 33.0. The monoisotopic (exact) mass is 637 g/mol. The van der Waals surface area contributed by atoms with Crippen molar-refractivity contribution in [2.24, 2.45) is 0 Å². The maximum absolute atomic E-state index is 4.44. The average Bonchev–Trinajstić information content (AvgIpc) is 3.71. The summed E-state index contributed by atoms with van der Waals surface area (Å²) in [5.41, 5.74) is 14.1. The van der Waals surface area contributed by atoms with E-state index in [1.54, 1.807) is 0 Å². The van der Waals surface area contributed by atoms with E-state index >= 15 is 0 Å². The van der Waals surface area contributed by atoms with Gasteiger partial charge in [-0.1, -0.05) is 103 Å². The molecule has 0 saturated heterocycles. The van der Waals surface area contributed by atoms with Gasteiger partial charge >= 0.3 is 0 Å². The zero-order valence-electron chi connectivity index (χ0n) is 27.2. The third kappa shape index (κ3) is 4.56. The van der Waals surface area contributed by atoms with E-state index in [0.717, 1.165) is 16.8 Å². The van der Waals surface area contributed by atoms with Gasteiger partial charge in [0.05, 0.1) is 22.1 Å². The van der Waals surface area contributed by atoms with E-state index in [1.807, 2.05) is 18.5 Å². The van der Waals surface area contributed by atoms with Crippen molar-refractivity contribution in [2.45, 2.75) is 0 Å². The number of fused-ring (bicyclic) bond motifs is 6. The van der Waals surface area contributed by atoms with Gasteiger partial charge in [0.25, 0.3) is 0 Å². The van der Waals surface area contributed by atoms with E-state index in [2.05, 4.69) is 184 Å². The predicted octanol–water partition coefficient (Wildman–Crippen LogP) is 12.3. The maximum atomic E-state index is 4.44. The average molecular weight is 638 g/mol. The largest absolute Gasteiger partial charge is 0.309 e. The highest BCUT2D eigenvalue weighted by atomic mass is 15.0. The third-order valence-electron chi connectivity index (χ3n) is 9.97. The van der Waals surface area contributed by atoms with Gasteiger partial charge in [-0.05, 0) is 101 Å². The Morgan fingerprint density at radius 1 is 0.300 bits per heavy atom. The molecular weight excluding hydrogens is 607 g/mol. The molecule has 0 fully saturated rings. The van der Waals surface area contributed by atoms with E-state index in [4.69, 9.17) is 0 Å². The van der Waals surface area contributed by atoms with Crippen LogP contribution in [0.2, 0.25) is 0 Å². The Bertz CT molecular complexity index is 2790. The van der Waals surface area contributed by atoms with Gasteiger partial charge < -0.3 is 9.13 Å². The highest BCUT2D eigenvalue weighted by Gasteiger charge is 2.17. The molecule has 0 amide bonds. The van der Waals surface area contributed by atoms with E-state index in [-0.39, 0.29) is 0 Å². The molecule has 3 aromatic heterocycles. The molecule has 0 unspecified atom stereocenters. The lowest BCUT2D eigenvalue weighted by Gasteiger charge is -2.14. The molecule has 0 spiro atoms. The number of hydrogen-bond donors (Lipinski definition) is 0. The quantitative estimate of drug-likeness (QED) is 0.184. The molecule has 3 heteroatoms. The van der Waals surface area contributed by atoms with E-state index in [9.17, 15) is 0 Å². The van der Waals surface area contributed by atoms with Crippen LogP contribution in [0.1, 0.15) is 0 Å². The molecular formula is C47H31N3. The molecule has 0 atom stereocenters. The summed E-state index contributed by atoms with van der Waals surface area (Å²) >= 11 is 0. The zero-order valence-corrected chi connectivity index (χ0v) is 27.2. The number of para-hydroxylation sites is 3. The van der Waals surface area contributed by atoms with Crippen molar-refractivity contribution in [1.29, 1.82) is 0 Å². The van der Waals surface area contributed by atoms with Crippen LogP contribution in [0.15, 0.2) is 188 Å². The lowest BCUT2D eigenvalue weighted by molar-refractivity contribution is 1.18. The second-order valence-corrected chi connectivity index (χ2v) is 12.9. The summed E-state index contributed by atoms with van der Waals surface area (Å²) in [7, 11) is 0. The van der Waals surface area contributed by atoms with E-state index in [0.29, 0.717) is 0 Å². The first kappa shape index (κ1) is 28.3. The van der Waals surface area contributed by atoms with Crippen molar-refractivity contribution in [3.8, 4) is 44.8 Å². The summed E-state index contributed by atoms with van der Waals surface area (Å²) in [5, 5.41) is 4.98. The Hall–Kier alpha value is -6.71. The van der Waals surface area contributed by atoms with Crippen molar-refractivity contribution in [2.75, 3.05) is 0 Å². The van der Waals surface area contributed by atoms with Crippen LogP contribution >= 0.6 is 0 Å². The van der Waals surface area contributed by atoms with Gasteiger partial charge in [-0.25, -0.2) is 0 Å². The second-order valence-electron chi connectivity index (χ2n) is 12.9. The standard InChI is InChI=1S/C47H31N3/c1-3-12-32(13-4-1)36-26-37(35-14-11-25-48-31-35)28-39(27-36)50-45-20-10-8-18-41(45)43-30-34(22-24-47(43)50)33-21-23-46-42(29-33)40-17-7-9-19-44(40)49(46)38-15-5-2-6-16-38/h1-31H. The van der Waals surface area contributed by atoms with Crippen molar-refractivity contribution in [3.63, 3.8) is 0 Å². The van der Waals surface area contributed by atoms with Crippen molar-refractivity contribution in [3.05, 3.63) is 188 Å². The van der Waals surface area contributed by atoms with Gasteiger partial charge in [-0.2, -0.15) is 0 Å². The number of benzene rings is 7. The van der Waals surface area contributed by atoms with Crippen LogP contribution in [0.3, 0.4) is 0 Å². The fourth-order valence-corrected chi connectivity index (χ4v) is 7.68.